The van der Waals surface area contributed by atoms with Crippen molar-refractivity contribution in [1.29, 1.82) is 0 Å². The highest BCUT2D eigenvalue weighted by Gasteiger charge is 2.28. The largest absolute Gasteiger partial charge is 0.462 e. The number of rotatable bonds is 4. The molecule has 4 aromatic rings. The maximum Gasteiger partial charge on any atom is 0.351 e. The molecule has 6 heteroatoms. The number of para-hydroxylation sites is 3. The topological polar surface area (TPSA) is 39.6 Å². The Balaban J connectivity index is 1.69. The molecule has 0 saturated carbocycles. The quantitative estimate of drug-likeness (QED) is 0.315. The van der Waals surface area contributed by atoms with E-state index in [0.717, 1.165) is 50.8 Å². The van der Waals surface area contributed by atoms with Gasteiger partial charge in [0.25, 0.3) is 0 Å². The lowest BCUT2D eigenvalue weighted by Crippen LogP contribution is -2.43. The zero-order chi connectivity index (χ0) is 25.1. The lowest BCUT2D eigenvalue weighted by molar-refractivity contribution is -0.742. The average Bonchev–Trinajstić information content (AvgIpc) is 3.29. The molecule has 0 radical (unpaired) electrons. The second-order valence-corrected chi connectivity index (χ2v) is 8.96. The number of ether oxygens (including phenoxy) is 2. The fraction of sp³-hybridized carbons (Fsp3) is 0.133. The summed E-state index contributed by atoms with van der Waals surface area (Å²) >= 11 is 0. The number of benzene rings is 3. The highest BCUT2D eigenvalue weighted by atomic mass is 16.5. The van der Waals surface area contributed by atoms with Crippen LogP contribution in [0.1, 0.15) is 19.4 Å². The summed E-state index contributed by atoms with van der Waals surface area (Å²) in [5.74, 6) is 3.18. The van der Waals surface area contributed by atoms with Crippen LogP contribution in [0.4, 0.5) is 0 Å². The van der Waals surface area contributed by atoms with Crippen molar-refractivity contribution in [2.75, 3.05) is 0 Å². The zero-order valence-electron chi connectivity index (χ0n) is 21.1. The predicted octanol–water partition coefficient (Wildman–Crippen LogP) is 4.82. The number of aryl methyl sites for hydroxylation is 2. The highest BCUT2D eigenvalue weighted by molar-refractivity contribution is 6.85. The van der Waals surface area contributed by atoms with E-state index < -0.39 is 0 Å². The van der Waals surface area contributed by atoms with E-state index in [0.29, 0.717) is 0 Å². The number of fused-ring (bicyclic) bond motifs is 1. The Labute approximate surface area is 212 Å². The first-order valence-corrected chi connectivity index (χ1v) is 12.1. The van der Waals surface area contributed by atoms with Crippen LogP contribution in [0, 0.1) is 6.92 Å². The Morgan fingerprint density at radius 3 is 2.28 bits per heavy atom. The van der Waals surface area contributed by atoms with E-state index >= 15 is 0 Å². The Morgan fingerprint density at radius 2 is 1.53 bits per heavy atom. The van der Waals surface area contributed by atoms with E-state index in [1.54, 1.807) is 0 Å². The normalized spacial score (nSPS) is 18.0. The summed E-state index contributed by atoms with van der Waals surface area (Å²) in [7, 11) is 2.01. The second kappa shape index (κ2) is 10.1. The standard InChI is InChI=1S/C30H29BN3O2/c1-22-12-5-8-15-28(22)36-30-17-10-7-14-26(30)31-25-13-6-9-16-29(25)35-24(3)20-23(2)27(21-32-31)34-19-11-18-33(34)4/h5-21H,1-4H3/q+1/b24-20+,27-23+,32-21+. The third-order valence-electron chi connectivity index (χ3n) is 6.30. The molecule has 178 valence electrons. The molecule has 1 aliphatic heterocycles. The fourth-order valence-corrected chi connectivity index (χ4v) is 4.46. The zero-order valence-corrected chi connectivity index (χ0v) is 21.1. The van der Waals surface area contributed by atoms with E-state index in [1.165, 1.54) is 0 Å². The van der Waals surface area contributed by atoms with E-state index in [9.17, 15) is 0 Å². The van der Waals surface area contributed by atoms with Crippen LogP contribution in [0.5, 0.6) is 17.2 Å². The molecule has 0 aliphatic carbocycles. The highest BCUT2D eigenvalue weighted by Crippen LogP contribution is 2.25. The molecule has 3 aromatic carbocycles. The van der Waals surface area contributed by atoms with Crippen LogP contribution >= 0.6 is 0 Å². The third kappa shape index (κ3) is 4.75. The molecule has 5 nitrogen and oxygen atoms in total. The molecule has 0 bridgehead atoms. The van der Waals surface area contributed by atoms with Crippen LogP contribution in [0.2, 0.25) is 0 Å². The minimum absolute atomic E-state index is 0.337. The molecule has 0 spiro atoms. The van der Waals surface area contributed by atoms with Crippen LogP contribution in [-0.4, -0.2) is 17.7 Å². The monoisotopic (exact) mass is 474 g/mol. The van der Waals surface area contributed by atoms with Gasteiger partial charge in [0.2, 0.25) is 0 Å². The molecule has 0 unspecified atom stereocenters. The maximum atomic E-state index is 6.45. The van der Waals surface area contributed by atoms with Gasteiger partial charge in [-0.25, -0.2) is 0 Å². The smallest absolute Gasteiger partial charge is 0.351 e. The summed E-state index contributed by atoms with van der Waals surface area (Å²) < 4.78 is 16.9. The minimum atomic E-state index is -0.337. The van der Waals surface area contributed by atoms with Crippen molar-refractivity contribution in [1.82, 2.24) is 4.68 Å². The Bertz CT molecular complexity index is 1500. The Morgan fingerprint density at radius 1 is 0.833 bits per heavy atom. The summed E-state index contributed by atoms with van der Waals surface area (Å²) in [6.07, 6.45) is 8.04. The summed E-state index contributed by atoms with van der Waals surface area (Å²) in [6.45, 7) is 5.77. The van der Waals surface area contributed by atoms with Crippen LogP contribution in [0.3, 0.4) is 0 Å². The van der Waals surface area contributed by atoms with E-state index in [2.05, 4.69) is 36.7 Å². The minimum Gasteiger partial charge on any atom is -0.462 e. The summed E-state index contributed by atoms with van der Waals surface area (Å²) in [4.78, 5) is 5.17. The van der Waals surface area contributed by atoms with Crippen molar-refractivity contribution in [3.63, 3.8) is 0 Å². The lowest BCUT2D eigenvalue weighted by atomic mass is 9.51. The van der Waals surface area contributed by atoms with Gasteiger partial charge in [-0.1, -0.05) is 54.6 Å². The van der Waals surface area contributed by atoms with Gasteiger partial charge in [-0.3, -0.25) is 0 Å². The molecule has 0 saturated heterocycles. The number of aromatic nitrogens is 2. The van der Waals surface area contributed by atoms with Crippen molar-refractivity contribution in [3.05, 3.63) is 114 Å². The van der Waals surface area contributed by atoms with Gasteiger partial charge in [0.1, 0.15) is 28.7 Å². The van der Waals surface area contributed by atoms with Gasteiger partial charge in [0.15, 0.2) is 13.2 Å². The number of allylic oxidation sites excluding steroid dienone is 4. The van der Waals surface area contributed by atoms with Gasteiger partial charge in [-0.15, -0.1) is 9.36 Å². The van der Waals surface area contributed by atoms with Crippen molar-refractivity contribution in [2.24, 2.45) is 12.0 Å². The van der Waals surface area contributed by atoms with Crippen molar-refractivity contribution in [3.8, 4) is 17.2 Å². The molecule has 5 rings (SSSR count). The van der Waals surface area contributed by atoms with Crippen LogP contribution in [0.25, 0.3) is 5.70 Å². The van der Waals surface area contributed by atoms with Gasteiger partial charge >= 0.3 is 6.85 Å². The molecule has 0 fully saturated rings. The maximum absolute atomic E-state index is 6.45. The van der Waals surface area contributed by atoms with Gasteiger partial charge in [-0.2, -0.15) is 0 Å². The van der Waals surface area contributed by atoms with Gasteiger partial charge in [-0.05, 0) is 67.1 Å². The summed E-state index contributed by atoms with van der Waals surface area (Å²) in [6, 6.07) is 26.2. The van der Waals surface area contributed by atoms with E-state index in [4.69, 9.17) is 14.4 Å². The first-order valence-electron chi connectivity index (χ1n) is 12.1. The van der Waals surface area contributed by atoms with E-state index in [-0.39, 0.29) is 6.85 Å². The van der Waals surface area contributed by atoms with Gasteiger partial charge < -0.3 is 14.4 Å². The summed E-state index contributed by atoms with van der Waals surface area (Å²) in [5, 5.41) is 0. The van der Waals surface area contributed by atoms with Crippen molar-refractivity contribution >= 4 is 29.7 Å². The molecule has 1 aromatic heterocycles. The predicted molar refractivity (Wildman–Crippen MR) is 147 cm³/mol. The fourth-order valence-electron chi connectivity index (χ4n) is 4.46. The lowest BCUT2D eigenvalue weighted by Gasteiger charge is -2.20. The molecule has 0 amide bonds. The summed E-state index contributed by atoms with van der Waals surface area (Å²) in [5.41, 5.74) is 5.02. The third-order valence-corrected chi connectivity index (χ3v) is 6.30. The van der Waals surface area contributed by atoms with E-state index in [1.807, 2.05) is 104 Å². The molecular formula is C30H29BN3O2+. The molecule has 0 atom stereocenters. The molecule has 1 aliphatic rings. The number of hydrogen-bond acceptors (Lipinski definition) is 3. The molecule has 2 heterocycles. The molecular weight excluding hydrogens is 445 g/mol. The Kier molecular flexibility index (Phi) is 6.59. The SMILES string of the molecule is C\C1=C/C(C)=C(n2ccc[n+]2C)\C=N\B(c2ccccc2Oc2ccccc2C)c2ccccc2O1. The number of hydrogen-bond donors (Lipinski definition) is 0. The van der Waals surface area contributed by atoms with Crippen molar-refractivity contribution in [2.45, 2.75) is 20.8 Å². The van der Waals surface area contributed by atoms with Crippen molar-refractivity contribution < 1.29 is 14.2 Å². The Hall–Kier alpha value is -4.32. The van der Waals surface area contributed by atoms with Gasteiger partial charge in [0, 0.05) is 12.3 Å². The second-order valence-electron chi connectivity index (χ2n) is 8.96. The molecule has 0 N–H and O–H groups in total. The van der Waals surface area contributed by atoms with Crippen LogP contribution in [-0.2, 0) is 7.05 Å². The van der Waals surface area contributed by atoms with Crippen LogP contribution in [0.15, 0.2) is 114 Å². The van der Waals surface area contributed by atoms with Gasteiger partial charge in [0.05, 0.1) is 6.20 Å². The van der Waals surface area contributed by atoms with Crippen LogP contribution < -0.4 is 25.1 Å². The average molecular weight is 474 g/mol. The first-order chi connectivity index (χ1) is 17.5. The number of nitrogens with zero attached hydrogens (tertiary/aromatic N) is 3. The molecule has 36 heavy (non-hydrogen) atoms. The first kappa shape index (κ1) is 23.4.